The Hall–Kier alpha value is -2.87. The first-order chi connectivity index (χ1) is 15.8. The monoisotopic (exact) mass is 504 g/mol. The van der Waals surface area contributed by atoms with Gasteiger partial charge in [-0.3, -0.25) is 24.0 Å². The molecular weight excluding hydrogens is 468 g/mol. The molecule has 5 amide bonds. The minimum absolute atomic E-state index is 0.155. The van der Waals surface area contributed by atoms with E-state index in [4.69, 9.17) is 17.2 Å². The van der Waals surface area contributed by atoms with Gasteiger partial charge in [-0.25, -0.2) is 4.79 Å². The number of carbonyl (C=O) groups excluding carboxylic acids is 5. The van der Waals surface area contributed by atoms with Crippen LogP contribution >= 0.6 is 11.8 Å². The van der Waals surface area contributed by atoms with E-state index < -0.39 is 72.0 Å². The highest BCUT2D eigenvalue weighted by Crippen LogP contribution is 2.10. The van der Waals surface area contributed by atoms with Crippen LogP contribution in [0.2, 0.25) is 0 Å². The third-order valence-electron chi connectivity index (χ3n) is 5.09. The van der Waals surface area contributed by atoms with Gasteiger partial charge >= 0.3 is 5.97 Å². The Morgan fingerprint density at radius 2 is 1.47 bits per heavy atom. The molecule has 14 heteroatoms. The fourth-order valence-electron chi connectivity index (χ4n) is 2.85. The van der Waals surface area contributed by atoms with Crippen LogP contribution in [0, 0.1) is 5.92 Å². The van der Waals surface area contributed by atoms with Crippen molar-refractivity contribution in [1.29, 1.82) is 0 Å². The van der Waals surface area contributed by atoms with Crippen molar-refractivity contribution >= 4 is 47.3 Å². The van der Waals surface area contributed by atoms with E-state index in [1.54, 1.807) is 20.1 Å². The van der Waals surface area contributed by atoms with Crippen LogP contribution in [0.5, 0.6) is 0 Å². The highest BCUT2D eigenvalue weighted by atomic mass is 32.2. The molecule has 34 heavy (non-hydrogen) atoms. The summed E-state index contributed by atoms with van der Waals surface area (Å²) in [5, 5.41) is 16.7. The maximum absolute atomic E-state index is 13.0. The fraction of sp³-hybridized carbons (Fsp3) is 0.700. The SMILES string of the molecule is CCC(C)C(NC(=O)C(N)CC(N)=O)C(=O)NC(CCC(N)=O)C(=O)NC(CCSC)C(=O)O. The van der Waals surface area contributed by atoms with Gasteiger partial charge < -0.3 is 38.3 Å². The Kier molecular flexibility index (Phi) is 14.5. The normalized spacial score (nSPS) is 15.2. The molecule has 0 spiro atoms. The Morgan fingerprint density at radius 3 is 1.94 bits per heavy atom. The van der Waals surface area contributed by atoms with Gasteiger partial charge in [0.2, 0.25) is 29.5 Å². The Bertz CT molecular complexity index is 751. The minimum atomic E-state index is -1.28. The highest BCUT2D eigenvalue weighted by Gasteiger charge is 2.32. The molecule has 0 aromatic carbocycles. The number of nitrogens with one attached hydrogen (secondary N) is 3. The number of rotatable bonds is 17. The lowest BCUT2D eigenvalue weighted by molar-refractivity contribution is -0.142. The summed E-state index contributed by atoms with van der Waals surface area (Å²) in [6.45, 7) is 3.46. The highest BCUT2D eigenvalue weighted by molar-refractivity contribution is 7.98. The number of thioether (sulfide) groups is 1. The van der Waals surface area contributed by atoms with Crippen molar-refractivity contribution in [2.45, 2.75) is 70.1 Å². The van der Waals surface area contributed by atoms with E-state index in [0.717, 1.165) is 0 Å². The van der Waals surface area contributed by atoms with Crippen LogP contribution in [0.15, 0.2) is 0 Å². The quantitative estimate of drug-likeness (QED) is 0.113. The number of carboxylic acids is 1. The van der Waals surface area contributed by atoms with Crippen LogP contribution in [0.4, 0.5) is 0 Å². The Balaban J connectivity index is 5.60. The molecule has 13 nitrogen and oxygen atoms in total. The third kappa shape index (κ3) is 11.8. The molecule has 0 saturated carbocycles. The van der Waals surface area contributed by atoms with Gasteiger partial charge in [-0.2, -0.15) is 11.8 Å². The molecule has 0 radical (unpaired) electrons. The van der Waals surface area contributed by atoms with Gasteiger partial charge in [-0.05, 0) is 30.8 Å². The smallest absolute Gasteiger partial charge is 0.326 e. The number of primary amides is 2. The molecule has 0 aromatic rings. The van der Waals surface area contributed by atoms with E-state index >= 15 is 0 Å². The molecular formula is C20H36N6O7S. The molecule has 0 bridgehead atoms. The average Bonchev–Trinajstić information content (AvgIpc) is 2.75. The van der Waals surface area contributed by atoms with Crippen LogP contribution in [-0.2, 0) is 28.8 Å². The number of carboxylic acid groups (broad SMARTS) is 1. The summed E-state index contributed by atoms with van der Waals surface area (Å²) in [5.41, 5.74) is 15.9. The first kappa shape index (κ1) is 31.1. The molecule has 5 atom stereocenters. The largest absolute Gasteiger partial charge is 0.480 e. The van der Waals surface area contributed by atoms with Gasteiger partial charge in [0.1, 0.15) is 18.1 Å². The van der Waals surface area contributed by atoms with Gasteiger partial charge in [-0.15, -0.1) is 0 Å². The first-order valence-corrected chi connectivity index (χ1v) is 12.2. The van der Waals surface area contributed by atoms with Gasteiger partial charge in [0.05, 0.1) is 12.5 Å². The molecule has 5 unspecified atom stereocenters. The zero-order valence-electron chi connectivity index (χ0n) is 19.7. The van der Waals surface area contributed by atoms with E-state index in [1.807, 2.05) is 0 Å². The van der Waals surface area contributed by atoms with Crippen molar-refractivity contribution in [3.8, 4) is 0 Å². The van der Waals surface area contributed by atoms with Crippen LogP contribution in [0.1, 0.15) is 46.0 Å². The number of hydrogen-bond donors (Lipinski definition) is 7. The zero-order valence-corrected chi connectivity index (χ0v) is 20.5. The third-order valence-corrected chi connectivity index (χ3v) is 5.73. The van der Waals surface area contributed by atoms with E-state index in [9.17, 15) is 33.9 Å². The molecule has 0 aliphatic rings. The van der Waals surface area contributed by atoms with Crippen molar-refractivity contribution in [2.75, 3.05) is 12.0 Å². The molecule has 0 heterocycles. The van der Waals surface area contributed by atoms with Crippen molar-refractivity contribution in [1.82, 2.24) is 16.0 Å². The number of carbonyl (C=O) groups is 6. The molecule has 0 saturated heterocycles. The second kappa shape index (κ2) is 15.9. The lowest BCUT2D eigenvalue weighted by atomic mass is 9.97. The summed E-state index contributed by atoms with van der Waals surface area (Å²) in [7, 11) is 0. The fourth-order valence-corrected chi connectivity index (χ4v) is 3.33. The molecule has 0 rings (SSSR count). The van der Waals surface area contributed by atoms with Crippen LogP contribution in [0.3, 0.4) is 0 Å². The second-order valence-corrected chi connectivity index (χ2v) is 8.88. The summed E-state index contributed by atoms with van der Waals surface area (Å²) in [6, 6.07) is -4.85. The standard InChI is InChI=1S/C20H36N6O7S/c1-4-10(2)16(26-17(29)11(21)9-15(23)28)19(31)24-12(5-6-14(22)27)18(30)25-13(20(32)33)7-8-34-3/h10-13,16H,4-9,21H2,1-3H3,(H2,22,27)(H2,23,28)(H,24,31)(H,25,30)(H,26,29)(H,32,33). The molecule has 0 aliphatic heterocycles. The van der Waals surface area contributed by atoms with Gasteiger partial charge in [-0.1, -0.05) is 20.3 Å². The van der Waals surface area contributed by atoms with Crippen molar-refractivity contribution in [3.63, 3.8) is 0 Å². The number of aliphatic carboxylic acids is 1. The van der Waals surface area contributed by atoms with Crippen LogP contribution < -0.4 is 33.2 Å². The Morgan fingerprint density at radius 1 is 0.882 bits per heavy atom. The molecule has 10 N–H and O–H groups in total. The van der Waals surface area contributed by atoms with Crippen molar-refractivity contribution in [3.05, 3.63) is 0 Å². The summed E-state index contributed by atoms with van der Waals surface area (Å²) in [6.07, 6.45) is 1.57. The Labute approximate surface area is 202 Å². The molecule has 0 aromatic heterocycles. The predicted octanol–water partition coefficient (Wildman–Crippen LogP) is -2.21. The lowest BCUT2D eigenvalue weighted by Gasteiger charge is -2.27. The molecule has 0 fully saturated rings. The van der Waals surface area contributed by atoms with E-state index in [1.165, 1.54) is 11.8 Å². The van der Waals surface area contributed by atoms with Crippen molar-refractivity contribution in [2.24, 2.45) is 23.1 Å². The maximum atomic E-state index is 13.0. The van der Waals surface area contributed by atoms with E-state index in [0.29, 0.717) is 12.2 Å². The van der Waals surface area contributed by atoms with E-state index in [2.05, 4.69) is 16.0 Å². The lowest BCUT2D eigenvalue weighted by Crippen LogP contribution is -2.59. The summed E-state index contributed by atoms with van der Waals surface area (Å²) in [5.74, 6) is -4.98. The number of amides is 5. The van der Waals surface area contributed by atoms with Gasteiger partial charge in [0.25, 0.3) is 0 Å². The van der Waals surface area contributed by atoms with Crippen molar-refractivity contribution < 1.29 is 33.9 Å². The van der Waals surface area contributed by atoms with Gasteiger partial charge in [0, 0.05) is 6.42 Å². The number of nitrogens with two attached hydrogens (primary N) is 3. The number of hydrogen-bond acceptors (Lipinski definition) is 8. The van der Waals surface area contributed by atoms with Crippen LogP contribution in [-0.4, -0.2) is 76.8 Å². The first-order valence-electron chi connectivity index (χ1n) is 10.8. The van der Waals surface area contributed by atoms with Gasteiger partial charge in [0.15, 0.2) is 0 Å². The predicted molar refractivity (Wildman–Crippen MR) is 126 cm³/mol. The van der Waals surface area contributed by atoms with E-state index in [-0.39, 0.29) is 19.3 Å². The summed E-state index contributed by atoms with van der Waals surface area (Å²) < 4.78 is 0. The molecule has 194 valence electrons. The molecule has 0 aliphatic carbocycles. The van der Waals surface area contributed by atoms with Crippen LogP contribution in [0.25, 0.3) is 0 Å². The maximum Gasteiger partial charge on any atom is 0.326 e. The zero-order chi connectivity index (χ0) is 26.4. The summed E-state index contributed by atoms with van der Waals surface area (Å²) in [4.78, 5) is 71.9. The topological polar surface area (TPSA) is 237 Å². The second-order valence-electron chi connectivity index (χ2n) is 7.90. The average molecular weight is 505 g/mol. The summed E-state index contributed by atoms with van der Waals surface area (Å²) >= 11 is 1.40. The minimum Gasteiger partial charge on any atom is -0.480 e.